The molecule has 2 unspecified atom stereocenters. The summed E-state index contributed by atoms with van der Waals surface area (Å²) in [7, 11) is 0. The Labute approximate surface area is 39.5 Å². The zero-order valence-corrected chi connectivity index (χ0v) is 3.27. The van der Waals surface area contributed by atoms with E-state index in [0.717, 1.165) is 12.5 Å². The summed E-state index contributed by atoms with van der Waals surface area (Å²) in [6.07, 6.45) is 1.49. The lowest BCUT2D eigenvalue weighted by atomic mass is 11.0. The van der Waals surface area contributed by atoms with Crippen LogP contribution >= 0.6 is 0 Å². The third kappa shape index (κ3) is 133. The lowest BCUT2D eigenvalue weighted by Gasteiger charge is -1.05. The Morgan fingerprint density at radius 3 is 2.00 bits per heavy atom. The maximum atomic E-state index is 8.35. The van der Waals surface area contributed by atoms with E-state index in [1.807, 2.05) is 0 Å². The van der Waals surface area contributed by atoms with E-state index in [9.17, 15) is 0 Å². The highest BCUT2D eigenvalue weighted by Crippen LogP contribution is 2.14. The van der Waals surface area contributed by atoms with Crippen LogP contribution in [0.5, 0.6) is 0 Å². The van der Waals surface area contributed by atoms with E-state index in [4.69, 9.17) is 12.9 Å². The van der Waals surface area contributed by atoms with Gasteiger partial charge in [0.15, 0.2) is 0 Å². The van der Waals surface area contributed by atoms with Crippen LogP contribution in [0.2, 0.25) is 0 Å². The van der Waals surface area contributed by atoms with Crippen LogP contribution in [0.1, 0.15) is 22.0 Å². The van der Waals surface area contributed by atoms with Gasteiger partial charge in [0, 0.05) is 2.74 Å². The maximum absolute atomic E-state index is 8.35. The van der Waals surface area contributed by atoms with Gasteiger partial charge in [-0.1, -0.05) is 19.2 Å². The van der Waals surface area contributed by atoms with E-state index in [0.29, 0.717) is 0 Å². The molecule has 0 saturated heterocycles. The number of rotatable bonds is 0. The molecule has 1 rings (SSSR count). The molecule has 1 aliphatic rings. The SMILES string of the molecule is N=C=O.[2H]C1CC1[2H]. The standard InChI is InChI=1S/C3H6.CHNO/c1-2-3-1;2-1-3/h1-3H2;2H/i1D,2D;. The fourth-order valence-electron chi connectivity index (χ4n) is 0. The van der Waals surface area contributed by atoms with E-state index in [2.05, 4.69) is 0 Å². The molecule has 0 aromatic carbocycles. The fraction of sp³-hybridized carbons (Fsp3) is 0.750. The highest BCUT2D eigenvalue weighted by molar-refractivity contribution is 5.26. The molecule has 2 nitrogen and oxygen atoms in total. The second kappa shape index (κ2) is 4.38. The third-order valence-corrected chi connectivity index (χ3v) is 0.236. The van der Waals surface area contributed by atoms with Crippen LogP contribution in [0.15, 0.2) is 0 Å². The molecule has 0 aliphatic heterocycles. The Hall–Kier alpha value is -0.620. The minimum absolute atomic E-state index is 0.0324. The van der Waals surface area contributed by atoms with Crippen molar-refractivity contribution in [2.24, 2.45) is 0 Å². The van der Waals surface area contributed by atoms with Gasteiger partial charge in [-0.15, -0.1) is 0 Å². The summed E-state index contributed by atoms with van der Waals surface area (Å²) < 4.78 is 13.4. The molecule has 34 valence electrons. The highest BCUT2D eigenvalue weighted by atomic mass is 16.1. The summed E-state index contributed by atoms with van der Waals surface area (Å²) in [5.74, 6) is 0. The van der Waals surface area contributed by atoms with Crippen LogP contribution < -0.4 is 0 Å². The van der Waals surface area contributed by atoms with Gasteiger partial charge >= 0.3 is 0 Å². The van der Waals surface area contributed by atoms with Crippen LogP contribution in [0.4, 0.5) is 0 Å². The van der Waals surface area contributed by atoms with Gasteiger partial charge in [-0.2, -0.15) is 0 Å². The molecule has 2 atom stereocenters. The topological polar surface area (TPSA) is 40.9 Å². The van der Waals surface area contributed by atoms with Crippen molar-refractivity contribution in [3.63, 3.8) is 0 Å². The Kier molecular flexibility index (Phi) is 1.85. The molecular formula is C4H7NO. The van der Waals surface area contributed by atoms with Gasteiger partial charge in [0.2, 0.25) is 6.08 Å². The van der Waals surface area contributed by atoms with Gasteiger partial charge in [-0.05, 0) is 0 Å². The zero-order chi connectivity index (χ0) is 6.57. The summed E-state index contributed by atoms with van der Waals surface area (Å²) in [6.45, 7) is 0. The predicted octanol–water partition coefficient (Wildman–Crippen LogP) is 1.07. The van der Waals surface area contributed by atoms with E-state index in [1.165, 1.54) is 0 Å². The summed E-state index contributed by atoms with van der Waals surface area (Å²) in [4.78, 5) is 8.35. The molecule has 1 aliphatic carbocycles. The van der Waals surface area contributed by atoms with Crippen molar-refractivity contribution < 1.29 is 7.54 Å². The van der Waals surface area contributed by atoms with Crippen LogP contribution in [0.3, 0.4) is 0 Å². The average Bonchev–Trinajstić information content (AvgIpc) is 2.22. The second-order valence-electron chi connectivity index (χ2n) is 0.809. The van der Waals surface area contributed by atoms with Gasteiger partial charge in [-0.25, -0.2) is 10.2 Å². The number of hydrogen-bond donors (Lipinski definition) is 1. The maximum Gasteiger partial charge on any atom is 0.231 e. The Bertz CT molecular complexity index is 94.2. The first-order valence-electron chi connectivity index (χ1n) is 2.76. The van der Waals surface area contributed by atoms with Crippen LogP contribution in [0.25, 0.3) is 0 Å². The quantitative estimate of drug-likeness (QED) is 0.348. The van der Waals surface area contributed by atoms with Crippen LogP contribution in [0, 0.1) is 5.41 Å². The smallest absolute Gasteiger partial charge is 0.222 e. The van der Waals surface area contributed by atoms with Gasteiger partial charge in [0.05, 0.1) is 0 Å². The molecule has 0 spiro atoms. The van der Waals surface area contributed by atoms with Crippen molar-refractivity contribution in [1.82, 2.24) is 0 Å². The molecule has 0 bridgehead atoms. The molecule has 0 amide bonds. The highest BCUT2D eigenvalue weighted by Gasteiger charge is 1.95. The van der Waals surface area contributed by atoms with Gasteiger partial charge in [-0.3, -0.25) is 0 Å². The average molecular weight is 87.1 g/mol. The fourth-order valence-corrected chi connectivity index (χ4v) is 0. The molecule has 1 N–H and O–H groups in total. The largest absolute Gasteiger partial charge is 0.231 e. The first-order chi connectivity index (χ1) is 3.72. The third-order valence-electron chi connectivity index (χ3n) is 0.236. The zero-order valence-electron chi connectivity index (χ0n) is 5.27. The summed E-state index contributed by atoms with van der Waals surface area (Å²) in [6, 6.07) is 0. The summed E-state index contributed by atoms with van der Waals surface area (Å²) in [5, 5.41) is 5.40. The van der Waals surface area contributed by atoms with Crippen molar-refractivity contribution in [2.45, 2.75) is 19.2 Å². The lowest BCUT2D eigenvalue weighted by molar-refractivity contribution is 0.563. The molecule has 1 fully saturated rings. The molecule has 0 aromatic rings. The molecule has 0 aromatic heterocycles. The van der Waals surface area contributed by atoms with Crippen LogP contribution in [-0.2, 0) is 4.79 Å². The van der Waals surface area contributed by atoms with Crippen molar-refractivity contribution in [3.8, 4) is 0 Å². The van der Waals surface area contributed by atoms with Gasteiger partial charge < -0.3 is 0 Å². The first-order valence-corrected chi connectivity index (χ1v) is 1.60. The summed E-state index contributed by atoms with van der Waals surface area (Å²) >= 11 is 0. The second-order valence-corrected chi connectivity index (χ2v) is 0.809. The minimum atomic E-state index is -0.0324. The molecular weight excluding hydrogens is 78.0 g/mol. The molecule has 0 radical (unpaired) electrons. The molecule has 1 saturated carbocycles. The normalized spacial score (nSPS) is 42.7. The Morgan fingerprint density at radius 1 is 1.83 bits per heavy atom. The predicted molar refractivity (Wildman–Crippen MR) is 22.3 cm³/mol. The van der Waals surface area contributed by atoms with Crippen molar-refractivity contribution in [1.29, 1.82) is 5.41 Å². The van der Waals surface area contributed by atoms with Gasteiger partial charge in [0.1, 0.15) is 0 Å². The van der Waals surface area contributed by atoms with E-state index >= 15 is 0 Å². The van der Waals surface area contributed by atoms with Crippen molar-refractivity contribution in [2.75, 3.05) is 0 Å². The number of hydrogen-bond acceptors (Lipinski definition) is 2. The molecule has 6 heavy (non-hydrogen) atoms. The number of nitrogens with one attached hydrogen (secondary N) is 1. The van der Waals surface area contributed by atoms with Crippen molar-refractivity contribution >= 4 is 6.08 Å². The first kappa shape index (κ1) is 2.54. The van der Waals surface area contributed by atoms with Gasteiger partial charge in [0.25, 0.3) is 0 Å². The lowest BCUT2D eigenvalue weighted by Crippen LogP contribution is -1.16. The minimum Gasteiger partial charge on any atom is -0.222 e. The number of carbonyl (C=O) groups excluding carboxylic acids is 1. The Morgan fingerprint density at radius 2 is 2.00 bits per heavy atom. The van der Waals surface area contributed by atoms with E-state index < -0.39 is 0 Å². The van der Waals surface area contributed by atoms with E-state index in [1.54, 1.807) is 0 Å². The molecule has 2 heteroatoms. The summed E-state index contributed by atoms with van der Waals surface area (Å²) in [5.41, 5.74) is 0. The number of isocyanates is 1. The molecule has 0 heterocycles. The van der Waals surface area contributed by atoms with Crippen LogP contribution in [-0.4, -0.2) is 6.08 Å². The van der Waals surface area contributed by atoms with Crippen molar-refractivity contribution in [3.05, 3.63) is 0 Å². The monoisotopic (exact) mass is 87.1 g/mol. The van der Waals surface area contributed by atoms with E-state index in [-0.39, 0.29) is 12.8 Å². The Balaban J connectivity index is 0.000000145.